The summed E-state index contributed by atoms with van der Waals surface area (Å²) in [5.74, 6) is 0. The van der Waals surface area contributed by atoms with Gasteiger partial charge in [-0.3, -0.25) is 0 Å². The molecule has 1 N–H and O–H groups in total. The van der Waals surface area contributed by atoms with E-state index in [1.807, 2.05) is 0 Å². The van der Waals surface area contributed by atoms with Crippen LogP contribution in [-0.2, 0) is 10.0 Å². The minimum absolute atomic E-state index is 0.000740. The Kier molecular flexibility index (Phi) is 5.81. The largest absolute Gasteiger partial charge is 0.395 e. The summed E-state index contributed by atoms with van der Waals surface area (Å²) < 4.78 is 26.4. The van der Waals surface area contributed by atoms with E-state index in [1.54, 1.807) is 6.07 Å². The lowest BCUT2D eigenvalue weighted by Gasteiger charge is -2.20. The fourth-order valence-corrected chi connectivity index (χ4v) is 3.80. The highest BCUT2D eigenvalue weighted by molar-refractivity contribution is 9.10. The molecule has 0 aliphatic rings. The summed E-state index contributed by atoms with van der Waals surface area (Å²) in [5.41, 5.74) is 0. The van der Waals surface area contributed by atoms with Crippen LogP contribution in [0.15, 0.2) is 40.2 Å². The van der Waals surface area contributed by atoms with E-state index in [9.17, 15) is 8.42 Å². The Balaban J connectivity index is 3.21. The number of hydrogen-bond donors (Lipinski definition) is 1. The predicted octanol–water partition coefficient (Wildman–Crippen LogP) is 2.27. The van der Waals surface area contributed by atoms with Gasteiger partial charge in [-0.15, -0.1) is 6.58 Å². The number of aliphatic hydroxyl groups is 1. The molecule has 1 aromatic carbocycles. The molecular weight excluding hydrogens is 342 g/mol. The Labute approximate surface area is 120 Å². The first-order valence-electron chi connectivity index (χ1n) is 5.10. The molecule has 4 nitrogen and oxygen atoms in total. The maximum Gasteiger partial charge on any atom is 0.244 e. The molecule has 1 rings (SSSR count). The molecule has 0 unspecified atom stereocenters. The molecule has 0 atom stereocenters. The van der Waals surface area contributed by atoms with Gasteiger partial charge in [-0.2, -0.15) is 4.31 Å². The molecule has 0 bridgehead atoms. The van der Waals surface area contributed by atoms with Gasteiger partial charge < -0.3 is 5.11 Å². The zero-order valence-corrected chi connectivity index (χ0v) is 12.7. The zero-order chi connectivity index (χ0) is 13.8. The van der Waals surface area contributed by atoms with Crippen molar-refractivity contribution in [2.24, 2.45) is 0 Å². The molecule has 0 aliphatic carbocycles. The molecule has 0 heterocycles. The quantitative estimate of drug-likeness (QED) is 0.797. The van der Waals surface area contributed by atoms with E-state index in [1.165, 1.54) is 18.2 Å². The van der Waals surface area contributed by atoms with Crippen molar-refractivity contribution in [3.8, 4) is 0 Å². The van der Waals surface area contributed by atoms with Gasteiger partial charge in [0.25, 0.3) is 0 Å². The monoisotopic (exact) mass is 353 g/mol. The lowest BCUT2D eigenvalue weighted by molar-refractivity contribution is 0.260. The normalized spacial score (nSPS) is 11.8. The number of nitrogens with zero attached hydrogens (tertiary/aromatic N) is 1. The molecule has 0 radical (unpaired) electrons. The summed E-state index contributed by atoms with van der Waals surface area (Å²) in [6.07, 6.45) is 1.46. The Morgan fingerprint density at radius 3 is 2.67 bits per heavy atom. The van der Waals surface area contributed by atoms with Crippen molar-refractivity contribution in [3.05, 3.63) is 40.3 Å². The van der Waals surface area contributed by atoms with E-state index < -0.39 is 10.0 Å². The summed E-state index contributed by atoms with van der Waals surface area (Å²) in [5, 5.41) is 9.04. The van der Waals surface area contributed by atoms with Gasteiger partial charge in [0.15, 0.2) is 0 Å². The van der Waals surface area contributed by atoms with Crippen LogP contribution in [0.25, 0.3) is 0 Å². The van der Waals surface area contributed by atoms with Gasteiger partial charge in [0.2, 0.25) is 10.0 Å². The molecular formula is C11H13BrClNO3S. The van der Waals surface area contributed by atoms with Crippen LogP contribution in [0.4, 0.5) is 0 Å². The molecule has 0 saturated carbocycles. The number of benzene rings is 1. The van der Waals surface area contributed by atoms with Crippen LogP contribution in [0.5, 0.6) is 0 Å². The number of halogens is 2. The third-order valence-electron chi connectivity index (χ3n) is 2.19. The van der Waals surface area contributed by atoms with Crippen LogP contribution < -0.4 is 0 Å². The van der Waals surface area contributed by atoms with Gasteiger partial charge in [-0.25, -0.2) is 8.42 Å². The number of sulfonamides is 1. The fourth-order valence-electron chi connectivity index (χ4n) is 1.39. The predicted molar refractivity (Wildman–Crippen MR) is 75.2 cm³/mol. The van der Waals surface area contributed by atoms with Crippen molar-refractivity contribution in [2.45, 2.75) is 4.90 Å². The summed E-state index contributed by atoms with van der Waals surface area (Å²) in [6.45, 7) is 3.36. The Hall–Kier alpha value is -0.400. The second kappa shape index (κ2) is 6.68. The molecule has 0 aromatic heterocycles. The van der Waals surface area contributed by atoms with Gasteiger partial charge in [0.1, 0.15) is 4.90 Å². The third kappa shape index (κ3) is 3.55. The molecule has 100 valence electrons. The molecule has 0 spiro atoms. The van der Waals surface area contributed by atoms with Crippen LogP contribution in [0.1, 0.15) is 0 Å². The molecule has 0 aliphatic heterocycles. The van der Waals surface area contributed by atoms with Crippen LogP contribution in [0.3, 0.4) is 0 Å². The van der Waals surface area contributed by atoms with E-state index in [0.717, 1.165) is 4.31 Å². The van der Waals surface area contributed by atoms with Crippen LogP contribution >= 0.6 is 27.5 Å². The maximum atomic E-state index is 12.3. The third-order valence-corrected chi connectivity index (χ3v) is 5.04. The smallest absolute Gasteiger partial charge is 0.244 e. The van der Waals surface area contributed by atoms with Crippen molar-refractivity contribution < 1.29 is 13.5 Å². The molecule has 0 amide bonds. The van der Waals surface area contributed by atoms with E-state index in [-0.39, 0.29) is 29.6 Å². The molecule has 7 heteroatoms. The average molecular weight is 355 g/mol. The first-order valence-corrected chi connectivity index (χ1v) is 7.71. The minimum atomic E-state index is -3.72. The van der Waals surface area contributed by atoms with Gasteiger partial charge in [-0.1, -0.05) is 33.6 Å². The molecule has 0 fully saturated rings. The van der Waals surface area contributed by atoms with E-state index >= 15 is 0 Å². The number of hydrogen-bond acceptors (Lipinski definition) is 3. The number of aliphatic hydroxyl groups excluding tert-OH is 1. The SMILES string of the molecule is C=CCN(CCO)S(=O)(=O)c1ccc(Br)cc1Cl. The van der Waals surface area contributed by atoms with Gasteiger partial charge >= 0.3 is 0 Å². The number of rotatable bonds is 6. The molecule has 18 heavy (non-hydrogen) atoms. The van der Waals surface area contributed by atoms with Crippen LogP contribution in [0.2, 0.25) is 5.02 Å². The van der Waals surface area contributed by atoms with Crippen LogP contribution in [0, 0.1) is 0 Å². The molecule has 1 aromatic rings. The fraction of sp³-hybridized carbons (Fsp3) is 0.273. The van der Waals surface area contributed by atoms with Crippen molar-refractivity contribution in [1.29, 1.82) is 0 Å². The highest BCUT2D eigenvalue weighted by Gasteiger charge is 2.25. The van der Waals surface area contributed by atoms with Gasteiger partial charge in [-0.05, 0) is 18.2 Å². The first kappa shape index (κ1) is 15.7. The average Bonchev–Trinajstić information content (AvgIpc) is 2.28. The second-order valence-corrected chi connectivity index (χ2v) is 6.68. The van der Waals surface area contributed by atoms with E-state index in [2.05, 4.69) is 22.5 Å². The van der Waals surface area contributed by atoms with Crippen LogP contribution in [-0.4, -0.2) is 37.5 Å². The standard InChI is InChI=1S/C11H13BrClNO3S/c1-2-5-14(6-7-15)18(16,17)11-4-3-9(12)8-10(11)13/h2-4,8,15H,1,5-7H2. The second-order valence-electron chi connectivity index (χ2n) is 3.45. The Morgan fingerprint density at radius 1 is 1.50 bits per heavy atom. The van der Waals surface area contributed by atoms with Gasteiger partial charge in [0.05, 0.1) is 11.6 Å². The Morgan fingerprint density at radius 2 is 2.17 bits per heavy atom. The summed E-state index contributed by atoms with van der Waals surface area (Å²) in [6, 6.07) is 4.54. The lowest BCUT2D eigenvalue weighted by atomic mass is 10.4. The summed E-state index contributed by atoms with van der Waals surface area (Å²) >= 11 is 9.15. The summed E-state index contributed by atoms with van der Waals surface area (Å²) in [4.78, 5) is 0.0164. The van der Waals surface area contributed by atoms with Crippen molar-refractivity contribution in [3.63, 3.8) is 0 Å². The van der Waals surface area contributed by atoms with Gasteiger partial charge in [0, 0.05) is 17.6 Å². The highest BCUT2D eigenvalue weighted by atomic mass is 79.9. The lowest BCUT2D eigenvalue weighted by Crippen LogP contribution is -2.33. The topological polar surface area (TPSA) is 57.6 Å². The maximum absolute atomic E-state index is 12.3. The highest BCUT2D eigenvalue weighted by Crippen LogP contribution is 2.27. The minimum Gasteiger partial charge on any atom is -0.395 e. The molecule has 0 saturated heterocycles. The Bertz CT molecular complexity index is 533. The summed E-state index contributed by atoms with van der Waals surface area (Å²) in [7, 11) is -3.72. The van der Waals surface area contributed by atoms with E-state index in [4.69, 9.17) is 16.7 Å². The van der Waals surface area contributed by atoms with Crippen molar-refractivity contribution in [2.75, 3.05) is 19.7 Å². The first-order chi connectivity index (χ1) is 8.43. The zero-order valence-electron chi connectivity index (χ0n) is 9.51. The van der Waals surface area contributed by atoms with E-state index in [0.29, 0.717) is 4.47 Å². The van der Waals surface area contributed by atoms with Crippen molar-refractivity contribution in [1.82, 2.24) is 4.31 Å². The van der Waals surface area contributed by atoms with Crippen molar-refractivity contribution >= 4 is 37.6 Å².